The number of nitrogens with one attached hydrogen (secondary N) is 2. The molecule has 0 aliphatic carbocycles. The SMILES string of the molecule is Cc1ccc(Nc2sc(C(=O)Nc3ccccc3C#N)c(N)c2C#N)cc1. The van der Waals surface area contributed by atoms with E-state index in [2.05, 4.69) is 10.6 Å². The second kappa shape index (κ2) is 7.61. The zero-order chi connectivity index (χ0) is 19.4. The summed E-state index contributed by atoms with van der Waals surface area (Å²) in [7, 11) is 0. The number of carbonyl (C=O) groups is 1. The van der Waals surface area contributed by atoms with Crippen molar-refractivity contribution in [2.75, 3.05) is 16.4 Å². The first-order chi connectivity index (χ1) is 13.0. The van der Waals surface area contributed by atoms with Gasteiger partial charge in [-0.25, -0.2) is 0 Å². The molecule has 0 unspecified atom stereocenters. The van der Waals surface area contributed by atoms with Crippen molar-refractivity contribution in [3.63, 3.8) is 0 Å². The zero-order valence-corrected chi connectivity index (χ0v) is 15.2. The van der Waals surface area contributed by atoms with Gasteiger partial charge >= 0.3 is 0 Å². The van der Waals surface area contributed by atoms with Crippen molar-refractivity contribution in [2.24, 2.45) is 0 Å². The summed E-state index contributed by atoms with van der Waals surface area (Å²) in [6.07, 6.45) is 0. The number of nitrogens with two attached hydrogens (primary N) is 1. The molecule has 0 saturated heterocycles. The van der Waals surface area contributed by atoms with Crippen molar-refractivity contribution in [1.29, 1.82) is 10.5 Å². The Morgan fingerprint density at radius 2 is 1.78 bits per heavy atom. The largest absolute Gasteiger partial charge is 0.396 e. The second-order valence-corrected chi connectivity index (χ2v) is 6.78. The van der Waals surface area contributed by atoms with Crippen LogP contribution in [-0.2, 0) is 0 Å². The number of anilines is 4. The molecule has 7 heteroatoms. The Morgan fingerprint density at radius 1 is 1.07 bits per heavy atom. The molecule has 1 heterocycles. The third kappa shape index (κ3) is 3.74. The van der Waals surface area contributed by atoms with Crippen molar-refractivity contribution in [1.82, 2.24) is 0 Å². The Kier molecular flexibility index (Phi) is 5.07. The van der Waals surface area contributed by atoms with Gasteiger partial charge in [-0.2, -0.15) is 10.5 Å². The molecule has 0 aliphatic rings. The van der Waals surface area contributed by atoms with Crippen molar-refractivity contribution in [3.8, 4) is 12.1 Å². The van der Waals surface area contributed by atoms with Crippen molar-refractivity contribution < 1.29 is 4.79 Å². The third-order valence-corrected chi connectivity index (χ3v) is 4.99. The predicted molar refractivity (Wildman–Crippen MR) is 107 cm³/mol. The molecule has 4 N–H and O–H groups in total. The Morgan fingerprint density at radius 3 is 2.44 bits per heavy atom. The van der Waals surface area contributed by atoms with Crippen LogP contribution < -0.4 is 16.4 Å². The van der Waals surface area contributed by atoms with Gasteiger partial charge in [0.2, 0.25) is 0 Å². The average Bonchev–Trinajstić information content (AvgIpc) is 2.99. The lowest BCUT2D eigenvalue weighted by Crippen LogP contribution is -2.13. The van der Waals surface area contributed by atoms with Crippen LogP contribution in [0.25, 0.3) is 0 Å². The lowest BCUT2D eigenvalue weighted by atomic mass is 10.2. The van der Waals surface area contributed by atoms with Gasteiger partial charge in [-0.3, -0.25) is 4.79 Å². The molecule has 0 spiro atoms. The van der Waals surface area contributed by atoms with E-state index >= 15 is 0 Å². The fourth-order valence-electron chi connectivity index (χ4n) is 2.45. The normalized spacial score (nSPS) is 9.89. The maximum absolute atomic E-state index is 12.7. The molecule has 0 fully saturated rings. The lowest BCUT2D eigenvalue weighted by Gasteiger charge is -2.06. The number of thiophene rings is 1. The first-order valence-electron chi connectivity index (χ1n) is 8.00. The van der Waals surface area contributed by atoms with E-state index in [0.29, 0.717) is 16.3 Å². The van der Waals surface area contributed by atoms with Crippen LogP contribution in [0.1, 0.15) is 26.4 Å². The van der Waals surface area contributed by atoms with Gasteiger partial charge in [0.15, 0.2) is 0 Å². The van der Waals surface area contributed by atoms with Crippen molar-refractivity contribution in [3.05, 3.63) is 70.1 Å². The van der Waals surface area contributed by atoms with E-state index in [4.69, 9.17) is 11.0 Å². The highest BCUT2D eigenvalue weighted by molar-refractivity contribution is 7.19. The summed E-state index contributed by atoms with van der Waals surface area (Å²) in [5.74, 6) is -0.464. The molecule has 27 heavy (non-hydrogen) atoms. The van der Waals surface area contributed by atoms with Crippen LogP contribution >= 0.6 is 11.3 Å². The molecule has 0 atom stereocenters. The van der Waals surface area contributed by atoms with Gasteiger partial charge in [-0.1, -0.05) is 29.8 Å². The molecule has 0 saturated carbocycles. The van der Waals surface area contributed by atoms with E-state index < -0.39 is 5.91 Å². The van der Waals surface area contributed by atoms with E-state index in [9.17, 15) is 10.1 Å². The first-order valence-corrected chi connectivity index (χ1v) is 8.81. The topological polar surface area (TPSA) is 115 Å². The summed E-state index contributed by atoms with van der Waals surface area (Å²) < 4.78 is 0. The van der Waals surface area contributed by atoms with E-state index in [1.54, 1.807) is 24.3 Å². The molecule has 0 aliphatic heterocycles. The Balaban J connectivity index is 1.91. The molecule has 0 bridgehead atoms. The molecular formula is C20H15N5OS. The fraction of sp³-hybridized carbons (Fsp3) is 0.0500. The summed E-state index contributed by atoms with van der Waals surface area (Å²) in [4.78, 5) is 12.9. The number of nitrogens with zero attached hydrogens (tertiary/aromatic N) is 2. The van der Waals surface area contributed by atoms with Gasteiger partial charge in [-0.15, -0.1) is 11.3 Å². The number of hydrogen-bond acceptors (Lipinski definition) is 6. The molecule has 132 valence electrons. The van der Waals surface area contributed by atoms with Crippen LogP contribution in [0.4, 0.5) is 22.1 Å². The number of benzene rings is 2. The van der Waals surface area contributed by atoms with Crippen LogP contribution in [0.3, 0.4) is 0 Å². The molecule has 6 nitrogen and oxygen atoms in total. The van der Waals surface area contributed by atoms with Crippen LogP contribution in [0, 0.1) is 29.6 Å². The molecular weight excluding hydrogens is 358 g/mol. The summed E-state index contributed by atoms with van der Waals surface area (Å²) in [5.41, 5.74) is 9.02. The van der Waals surface area contributed by atoms with Gasteiger partial charge in [-0.05, 0) is 31.2 Å². The summed E-state index contributed by atoms with van der Waals surface area (Å²) >= 11 is 1.10. The average molecular weight is 373 g/mol. The fourth-order valence-corrected chi connectivity index (χ4v) is 3.43. The third-order valence-electron chi connectivity index (χ3n) is 3.87. The maximum atomic E-state index is 12.7. The molecule has 3 aromatic rings. The predicted octanol–water partition coefficient (Wildman–Crippen LogP) is 4.38. The summed E-state index contributed by atoms with van der Waals surface area (Å²) in [6.45, 7) is 1.98. The Bertz CT molecular complexity index is 1090. The number of hydrogen-bond donors (Lipinski definition) is 3. The highest BCUT2D eigenvalue weighted by Crippen LogP contribution is 2.37. The Labute approximate surface area is 160 Å². The van der Waals surface area contributed by atoms with Gasteiger partial charge in [0, 0.05) is 5.69 Å². The standard InChI is InChI=1S/C20H15N5OS/c1-12-6-8-14(9-7-12)24-20-15(11-22)17(23)18(27-20)19(26)25-16-5-3-2-4-13(16)10-21/h2-9,24H,23H2,1H3,(H,25,26). The van der Waals surface area contributed by atoms with E-state index in [1.807, 2.05) is 43.3 Å². The van der Waals surface area contributed by atoms with Gasteiger partial charge in [0.05, 0.1) is 16.9 Å². The van der Waals surface area contributed by atoms with Gasteiger partial charge in [0.1, 0.15) is 27.6 Å². The summed E-state index contributed by atoms with van der Waals surface area (Å²) in [6, 6.07) is 18.4. The monoisotopic (exact) mass is 373 g/mol. The van der Waals surface area contributed by atoms with E-state index in [0.717, 1.165) is 22.6 Å². The number of rotatable bonds is 4. The highest BCUT2D eigenvalue weighted by atomic mass is 32.1. The number of amides is 1. The zero-order valence-electron chi connectivity index (χ0n) is 14.4. The molecule has 3 rings (SSSR count). The first kappa shape index (κ1) is 18.0. The van der Waals surface area contributed by atoms with E-state index in [-0.39, 0.29) is 16.1 Å². The quantitative estimate of drug-likeness (QED) is 0.628. The smallest absolute Gasteiger partial charge is 0.268 e. The number of nitriles is 2. The van der Waals surface area contributed by atoms with Crippen molar-refractivity contribution in [2.45, 2.75) is 6.92 Å². The van der Waals surface area contributed by atoms with Crippen LogP contribution in [-0.4, -0.2) is 5.91 Å². The Hall–Kier alpha value is -3.81. The van der Waals surface area contributed by atoms with Gasteiger partial charge in [0.25, 0.3) is 5.91 Å². The minimum atomic E-state index is -0.464. The minimum Gasteiger partial charge on any atom is -0.396 e. The number of para-hydroxylation sites is 1. The van der Waals surface area contributed by atoms with Crippen LogP contribution in [0.2, 0.25) is 0 Å². The van der Waals surface area contributed by atoms with E-state index in [1.165, 1.54) is 0 Å². The number of nitrogen functional groups attached to an aromatic ring is 1. The molecule has 1 amide bonds. The summed E-state index contributed by atoms with van der Waals surface area (Å²) in [5, 5.41) is 24.9. The second-order valence-electron chi connectivity index (χ2n) is 5.76. The highest BCUT2D eigenvalue weighted by Gasteiger charge is 2.22. The maximum Gasteiger partial charge on any atom is 0.268 e. The lowest BCUT2D eigenvalue weighted by molar-refractivity contribution is 0.103. The molecule has 2 aromatic carbocycles. The number of carbonyl (C=O) groups excluding carboxylic acids is 1. The van der Waals surface area contributed by atoms with Crippen LogP contribution in [0.15, 0.2) is 48.5 Å². The molecule has 0 radical (unpaired) electrons. The number of aryl methyl sites for hydroxylation is 1. The molecule has 1 aromatic heterocycles. The van der Waals surface area contributed by atoms with Crippen LogP contribution in [0.5, 0.6) is 0 Å². The van der Waals surface area contributed by atoms with Gasteiger partial charge < -0.3 is 16.4 Å². The van der Waals surface area contributed by atoms with Crippen molar-refractivity contribution >= 4 is 39.3 Å². The minimum absolute atomic E-state index is 0.115.